The first-order chi connectivity index (χ1) is 6.58. The molecule has 0 rings (SSSR count). The molecule has 0 aliphatic carbocycles. The van der Waals surface area contributed by atoms with Gasteiger partial charge in [-0.2, -0.15) is 0 Å². The quantitative estimate of drug-likeness (QED) is 0.399. The van der Waals surface area contributed by atoms with Crippen molar-refractivity contribution >= 4 is 17.4 Å². The van der Waals surface area contributed by atoms with Crippen LogP contribution in [0, 0.1) is 0 Å². The molecule has 0 saturated carbocycles. The number of allylic oxidation sites excluding steroid dienone is 3. The van der Waals surface area contributed by atoms with Gasteiger partial charge in [-0.15, -0.1) is 0 Å². The topological polar surface area (TPSA) is 20.3 Å². The molecule has 0 saturated heterocycles. The molecule has 2 nitrogen and oxygen atoms in total. The Bertz CT molecular complexity index is 252. The first-order valence-corrected chi connectivity index (χ1v) is 5.24. The van der Waals surface area contributed by atoms with Crippen LogP contribution in [0.25, 0.3) is 0 Å². The third-order valence-electron chi connectivity index (χ3n) is 1.98. The third kappa shape index (κ3) is 3.54. The highest BCUT2D eigenvalue weighted by molar-refractivity contribution is 6.31. The molecule has 0 aliphatic rings. The first kappa shape index (κ1) is 13.2. The Kier molecular flexibility index (Phi) is 6.30. The molecule has 0 unspecified atom stereocenters. The Hall–Kier alpha value is -0.760. The summed E-state index contributed by atoms with van der Waals surface area (Å²) in [6, 6.07) is 0. The van der Waals surface area contributed by atoms with E-state index in [1.807, 2.05) is 31.7 Å². The summed E-state index contributed by atoms with van der Waals surface area (Å²) in [6.07, 6.45) is 3.58. The van der Waals surface area contributed by atoms with Crippen molar-refractivity contribution in [2.45, 2.75) is 27.7 Å². The van der Waals surface area contributed by atoms with Gasteiger partial charge < -0.3 is 4.90 Å². The van der Waals surface area contributed by atoms with Crippen LogP contribution in [0.15, 0.2) is 22.9 Å². The molecule has 0 N–H and O–H groups in total. The summed E-state index contributed by atoms with van der Waals surface area (Å²) in [5.41, 5.74) is 0.581. The second-order valence-corrected chi connectivity index (χ2v) is 3.29. The number of carbonyl (C=O) groups excluding carboxylic acids is 1. The van der Waals surface area contributed by atoms with Crippen LogP contribution in [0.1, 0.15) is 27.7 Å². The van der Waals surface area contributed by atoms with E-state index in [0.29, 0.717) is 10.7 Å². The first-order valence-electron chi connectivity index (χ1n) is 4.86. The Morgan fingerprint density at radius 1 is 1.36 bits per heavy atom. The van der Waals surface area contributed by atoms with E-state index in [2.05, 4.69) is 0 Å². The van der Waals surface area contributed by atoms with Crippen LogP contribution in [-0.2, 0) is 4.79 Å². The fraction of sp³-hybridized carbons (Fsp3) is 0.545. The smallest absolute Gasteiger partial charge is 0.162 e. The Morgan fingerprint density at radius 2 is 1.86 bits per heavy atom. The highest BCUT2D eigenvalue weighted by Gasteiger charge is 2.11. The largest absolute Gasteiger partial charge is 0.362 e. The third-order valence-corrected chi connectivity index (χ3v) is 2.42. The van der Waals surface area contributed by atoms with E-state index in [0.717, 1.165) is 13.1 Å². The van der Waals surface area contributed by atoms with E-state index in [-0.39, 0.29) is 5.78 Å². The van der Waals surface area contributed by atoms with E-state index in [4.69, 9.17) is 11.6 Å². The number of rotatable bonds is 5. The maximum absolute atomic E-state index is 11.3. The summed E-state index contributed by atoms with van der Waals surface area (Å²) in [4.78, 5) is 13.2. The number of nitrogens with zero attached hydrogens (tertiary/aromatic N) is 1. The van der Waals surface area contributed by atoms with E-state index < -0.39 is 0 Å². The number of Topliss-reactive ketones (excluding diaryl/α,β-unsaturated/α-hetero) is 1. The number of carbonyl (C=O) groups is 1. The molecule has 0 amide bonds. The molecule has 0 aromatic rings. The van der Waals surface area contributed by atoms with Crippen molar-refractivity contribution in [3.63, 3.8) is 0 Å². The van der Waals surface area contributed by atoms with E-state index >= 15 is 0 Å². The summed E-state index contributed by atoms with van der Waals surface area (Å²) in [5.74, 6) is 0.000000000000000222. The molecule has 0 heterocycles. The number of halogens is 1. The van der Waals surface area contributed by atoms with Crippen LogP contribution in [0.4, 0.5) is 0 Å². The normalized spacial score (nSPS) is 12.9. The Labute approximate surface area is 91.2 Å². The zero-order valence-corrected chi connectivity index (χ0v) is 10.1. The van der Waals surface area contributed by atoms with Gasteiger partial charge in [0.1, 0.15) is 5.16 Å². The maximum atomic E-state index is 11.3. The predicted molar refractivity (Wildman–Crippen MR) is 61.3 cm³/mol. The van der Waals surface area contributed by atoms with Crippen molar-refractivity contribution in [1.82, 2.24) is 4.90 Å². The number of hydrogen-bond acceptors (Lipinski definition) is 2. The van der Waals surface area contributed by atoms with Crippen LogP contribution >= 0.6 is 11.6 Å². The van der Waals surface area contributed by atoms with Crippen molar-refractivity contribution in [2.75, 3.05) is 13.1 Å². The van der Waals surface area contributed by atoms with Gasteiger partial charge in [0.05, 0.1) is 5.57 Å². The Morgan fingerprint density at radius 3 is 2.14 bits per heavy atom. The van der Waals surface area contributed by atoms with Gasteiger partial charge >= 0.3 is 0 Å². The lowest BCUT2D eigenvalue weighted by atomic mass is 10.2. The van der Waals surface area contributed by atoms with Crippen LogP contribution in [-0.4, -0.2) is 23.8 Å². The van der Waals surface area contributed by atoms with Gasteiger partial charge in [0.25, 0.3) is 0 Å². The summed E-state index contributed by atoms with van der Waals surface area (Å²) in [7, 11) is 0. The summed E-state index contributed by atoms with van der Waals surface area (Å²) in [5, 5.41) is 0.542. The highest BCUT2D eigenvalue weighted by atomic mass is 35.5. The average Bonchev–Trinajstić information content (AvgIpc) is 2.15. The molecule has 0 atom stereocenters. The lowest BCUT2D eigenvalue weighted by Gasteiger charge is -2.21. The van der Waals surface area contributed by atoms with Crippen molar-refractivity contribution in [1.29, 1.82) is 0 Å². The van der Waals surface area contributed by atoms with Gasteiger partial charge in [-0.25, -0.2) is 0 Å². The van der Waals surface area contributed by atoms with Crippen LogP contribution in [0.3, 0.4) is 0 Å². The van der Waals surface area contributed by atoms with Gasteiger partial charge in [-0.3, -0.25) is 4.79 Å². The maximum Gasteiger partial charge on any atom is 0.162 e. The van der Waals surface area contributed by atoms with Gasteiger partial charge in [0.2, 0.25) is 0 Å². The SMILES string of the molecule is C/C=C/C(C(C)=O)=C(/Cl)N(CC)CC. The minimum absolute atomic E-state index is 0.000000000000000222. The molecule has 0 aliphatic heterocycles. The van der Waals surface area contributed by atoms with Crippen LogP contribution < -0.4 is 0 Å². The van der Waals surface area contributed by atoms with Crippen molar-refractivity contribution in [2.24, 2.45) is 0 Å². The molecular weight excluding hydrogens is 198 g/mol. The van der Waals surface area contributed by atoms with Crippen LogP contribution in [0.2, 0.25) is 0 Å². The lowest BCUT2D eigenvalue weighted by molar-refractivity contribution is -0.113. The minimum atomic E-state index is 0.000000000000000222. The molecule has 0 aromatic heterocycles. The van der Waals surface area contributed by atoms with E-state index in [1.54, 1.807) is 6.08 Å². The molecule has 80 valence electrons. The molecule has 0 fully saturated rings. The van der Waals surface area contributed by atoms with Crippen LogP contribution in [0.5, 0.6) is 0 Å². The van der Waals surface area contributed by atoms with E-state index in [9.17, 15) is 4.79 Å². The molecular formula is C11H18ClNO. The molecule has 14 heavy (non-hydrogen) atoms. The fourth-order valence-corrected chi connectivity index (χ4v) is 1.60. The van der Waals surface area contributed by atoms with E-state index in [1.165, 1.54) is 6.92 Å². The standard InChI is InChI=1S/C11H18ClNO/c1-5-8-10(9(4)14)11(12)13(6-2)7-3/h5,8H,6-7H2,1-4H3/b8-5+,11-10+. The monoisotopic (exact) mass is 215 g/mol. The minimum Gasteiger partial charge on any atom is -0.362 e. The Balaban J connectivity index is 5.06. The van der Waals surface area contributed by atoms with Crippen molar-refractivity contribution < 1.29 is 4.79 Å². The molecule has 0 bridgehead atoms. The van der Waals surface area contributed by atoms with Crippen molar-refractivity contribution in [3.05, 3.63) is 22.9 Å². The average molecular weight is 216 g/mol. The number of ketones is 1. The molecule has 0 spiro atoms. The zero-order valence-electron chi connectivity index (χ0n) is 9.30. The summed E-state index contributed by atoms with van der Waals surface area (Å²) in [6.45, 7) is 9.04. The van der Waals surface area contributed by atoms with Gasteiger partial charge in [0, 0.05) is 13.1 Å². The van der Waals surface area contributed by atoms with Gasteiger partial charge in [-0.05, 0) is 27.7 Å². The second-order valence-electron chi connectivity index (χ2n) is 2.93. The van der Waals surface area contributed by atoms with Crippen molar-refractivity contribution in [3.8, 4) is 0 Å². The fourth-order valence-electron chi connectivity index (χ4n) is 1.17. The second kappa shape index (κ2) is 6.66. The molecule has 3 heteroatoms. The summed E-state index contributed by atoms with van der Waals surface area (Å²) >= 11 is 6.12. The predicted octanol–water partition coefficient (Wildman–Crippen LogP) is 2.94. The summed E-state index contributed by atoms with van der Waals surface area (Å²) < 4.78 is 0. The van der Waals surface area contributed by atoms with Gasteiger partial charge in [0.15, 0.2) is 5.78 Å². The molecule has 0 radical (unpaired) electrons. The lowest BCUT2D eigenvalue weighted by Crippen LogP contribution is -2.21. The highest BCUT2D eigenvalue weighted by Crippen LogP contribution is 2.16. The number of hydrogen-bond donors (Lipinski definition) is 0. The van der Waals surface area contributed by atoms with Gasteiger partial charge in [-0.1, -0.05) is 23.8 Å². The molecule has 0 aromatic carbocycles. The zero-order chi connectivity index (χ0) is 11.1.